The first-order valence-electron chi connectivity index (χ1n) is 5.54. The molecule has 1 aromatic rings. The van der Waals surface area contributed by atoms with Gasteiger partial charge < -0.3 is 10.1 Å². The third kappa shape index (κ3) is 3.22. The molecule has 0 bridgehead atoms. The fourth-order valence-electron chi connectivity index (χ4n) is 1.75. The second-order valence-electron chi connectivity index (χ2n) is 4.24. The number of alkyl halides is 1. The quantitative estimate of drug-likeness (QED) is 0.660. The molecular formula is C13H20BrNO. The molecule has 0 heterocycles. The van der Waals surface area contributed by atoms with Crippen LogP contribution in [0, 0.1) is 6.92 Å². The van der Waals surface area contributed by atoms with Crippen molar-refractivity contribution in [3.05, 3.63) is 28.8 Å². The molecule has 0 aromatic heterocycles. The maximum Gasteiger partial charge on any atom is 0.122 e. The molecule has 1 rings (SSSR count). The van der Waals surface area contributed by atoms with Crippen LogP contribution in [0.5, 0.6) is 5.75 Å². The Balaban J connectivity index is 3.06. The maximum atomic E-state index is 5.42. The van der Waals surface area contributed by atoms with Gasteiger partial charge in [0.1, 0.15) is 5.75 Å². The number of hydrogen-bond acceptors (Lipinski definition) is 2. The molecule has 0 spiro atoms. The van der Waals surface area contributed by atoms with Crippen molar-refractivity contribution in [3.8, 4) is 5.75 Å². The number of methoxy groups -OCH3 is 1. The van der Waals surface area contributed by atoms with Crippen LogP contribution in [-0.4, -0.2) is 12.6 Å². The average molecular weight is 286 g/mol. The van der Waals surface area contributed by atoms with Gasteiger partial charge in [-0.1, -0.05) is 35.8 Å². The zero-order valence-corrected chi connectivity index (χ0v) is 12.0. The Labute approximate surface area is 107 Å². The Hall–Kier alpha value is -0.540. The Kier molecular flexibility index (Phi) is 5.29. The molecule has 0 aliphatic carbocycles. The second-order valence-corrected chi connectivity index (χ2v) is 4.80. The molecule has 0 atom stereocenters. The van der Waals surface area contributed by atoms with Gasteiger partial charge in [0.2, 0.25) is 0 Å². The Morgan fingerprint density at radius 2 is 2.06 bits per heavy atom. The van der Waals surface area contributed by atoms with Crippen LogP contribution in [0.3, 0.4) is 0 Å². The van der Waals surface area contributed by atoms with Crippen molar-refractivity contribution >= 4 is 15.9 Å². The normalized spacial score (nSPS) is 10.9. The van der Waals surface area contributed by atoms with Crippen LogP contribution < -0.4 is 10.1 Å². The van der Waals surface area contributed by atoms with Crippen molar-refractivity contribution in [3.63, 3.8) is 0 Å². The molecule has 2 nitrogen and oxygen atoms in total. The Morgan fingerprint density at radius 1 is 1.38 bits per heavy atom. The largest absolute Gasteiger partial charge is 0.496 e. The van der Waals surface area contributed by atoms with Crippen LogP contribution in [0.25, 0.3) is 0 Å². The highest BCUT2D eigenvalue weighted by Crippen LogP contribution is 2.29. The first kappa shape index (κ1) is 13.5. The molecule has 1 aromatic carbocycles. The highest BCUT2D eigenvalue weighted by Gasteiger charge is 2.10. The molecule has 0 saturated carbocycles. The lowest BCUT2D eigenvalue weighted by molar-refractivity contribution is 0.407. The fourth-order valence-corrected chi connectivity index (χ4v) is 1.94. The highest BCUT2D eigenvalue weighted by atomic mass is 79.9. The Morgan fingerprint density at radius 3 is 2.56 bits per heavy atom. The van der Waals surface area contributed by atoms with E-state index in [0.29, 0.717) is 5.92 Å². The van der Waals surface area contributed by atoms with E-state index < -0.39 is 0 Å². The van der Waals surface area contributed by atoms with Crippen molar-refractivity contribution < 1.29 is 4.74 Å². The van der Waals surface area contributed by atoms with Crippen molar-refractivity contribution in [2.45, 2.75) is 33.2 Å². The molecular weight excluding hydrogens is 266 g/mol. The number of halogens is 1. The molecule has 0 fully saturated rings. The van der Waals surface area contributed by atoms with Gasteiger partial charge in [0.25, 0.3) is 0 Å². The SMILES string of the molecule is COc1cc(C)c(CNCBr)cc1C(C)C. The molecule has 3 heteroatoms. The van der Waals surface area contributed by atoms with Gasteiger partial charge in [-0.2, -0.15) is 0 Å². The molecule has 1 N–H and O–H groups in total. The van der Waals surface area contributed by atoms with Crippen LogP contribution >= 0.6 is 15.9 Å². The number of hydrogen-bond donors (Lipinski definition) is 1. The zero-order valence-electron chi connectivity index (χ0n) is 10.4. The van der Waals surface area contributed by atoms with Gasteiger partial charge in [-0.05, 0) is 35.6 Å². The van der Waals surface area contributed by atoms with Gasteiger partial charge in [0.05, 0.1) is 12.6 Å². The van der Waals surface area contributed by atoms with Gasteiger partial charge in [0, 0.05) is 6.54 Å². The number of benzene rings is 1. The van der Waals surface area contributed by atoms with E-state index in [0.717, 1.165) is 17.7 Å². The summed E-state index contributed by atoms with van der Waals surface area (Å²) in [6, 6.07) is 4.37. The lowest BCUT2D eigenvalue weighted by Gasteiger charge is -2.16. The summed E-state index contributed by atoms with van der Waals surface area (Å²) in [4.78, 5) is 0. The van der Waals surface area contributed by atoms with Gasteiger partial charge >= 0.3 is 0 Å². The third-order valence-corrected chi connectivity index (χ3v) is 3.12. The van der Waals surface area contributed by atoms with Crippen molar-refractivity contribution in [1.29, 1.82) is 0 Å². The predicted octanol–water partition coefficient (Wildman–Crippen LogP) is 3.57. The highest BCUT2D eigenvalue weighted by molar-refractivity contribution is 9.09. The number of ether oxygens (including phenoxy) is 1. The minimum atomic E-state index is 0.485. The smallest absolute Gasteiger partial charge is 0.122 e. The second kappa shape index (κ2) is 6.26. The molecule has 0 unspecified atom stereocenters. The summed E-state index contributed by atoms with van der Waals surface area (Å²) in [5, 5.41) is 3.28. The summed E-state index contributed by atoms with van der Waals surface area (Å²) in [6.45, 7) is 7.39. The van der Waals surface area contributed by atoms with Crippen LogP contribution in [-0.2, 0) is 6.54 Å². The van der Waals surface area contributed by atoms with Crippen molar-refractivity contribution in [1.82, 2.24) is 5.32 Å². The number of nitrogens with one attached hydrogen (secondary N) is 1. The lowest BCUT2D eigenvalue weighted by atomic mass is 9.96. The molecule has 16 heavy (non-hydrogen) atoms. The molecule has 90 valence electrons. The lowest BCUT2D eigenvalue weighted by Crippen LogP contribution is -2.11. The van der Waals surface area contributed by atoms with E-state index in [-0.39, 0.29) is 0 Å². The minimum absolute atomic E-state index is 0.485. The van der Waals surface area contributed by atoms with E-state index in [1.54, 1.807) is 7.11 Å². The molecule has 0 aliphatic rings. The van der Waals surface area contributed by atoms with Crippen molar-refractivity contribution in [2.75, 3.05) is 12.6 Å². The summed E-state index contributed by atoms with van der Waals surface area (Å²) in [6.07, 6.45) is 0. The summed E-state index contributed by atoms with van der Waals surface area (Å²) in [5.41, 5.74) is 4.70. The fraction of sp³-hybridized carbons (Fsp3) is 0.538. The summed E-state index contributed by atoms with van der Waals surface area (Å²) in [5.74, 6) is 1.48. The van der Waals surface area contributed by atoms with Gasteiger partial charge in [0.15, 0.2) is 0 Å². The molecule has 0 saturated heterocycles. The summed E-state index contributed by atoms with van der Waals surface area (Å²) < 4.78 is 5.42. The van der Waals surface area contributed by atoms with E-state index in [2.05, 4.69) is 54.2 Å². The molecule has 0 radical (unpaired) electrons. The average Bonchev–Trinajstić information content (AvgIpc) is 2.26. The van der Waals surface area contributed by atoms with Crippen LogP contribution in [0.2, 0.25) is 0 Å². The topological polar surface area (TPSA) is 21.3 Å². The summed E-state index contributed by atoms with van der Waals surface area (Å²) in [7, 11) is 1.73. The van der Waals surface area contributed by atoms with E-state index in [1.165, 1.54) is 16.7 Å². The maximum absolute atomic E-state index is 5.42. The predicted molar refractivity (Wildman–Crippen MR) is 72.5 cm³/mol. The Bertz CT molecular complexity index is 350. The zero-order chi connectivity index (χ0) is 12.1. The van der Waals surface area contributed by atoms with Gasteiger partial charge in [-0.3, -0.25) is 0 Å². The van der Waals surface area contributed by atoms with E-state index in [1.807, 2.05) is 0 Å². The standard InChI is InChI=1S/C13H20BrNO/c1-9(2)12-6-11(7-15-8-14)10(3)5-13(12)16-4/h5-6,9,15H,7-8H2,1-4H3. The molecule has 0 amide bonds. The first-order valence-corrected chi connectivity index (χ1v) is 6.66. The van der Waals surface area contributed by atoms with E-state index in [9.17, 15) is 0 Å². The molecule has 0 aliphatic heterocycles. The summed E-state index contributed by atoms with van der Waals surface area (Å²) >= 11 is 3.37. The van der Waals surface area contributed by atoms with Crippen LogP contribution in [0.15, 0.2) is 12.1 Å². The van der Waals surface area contributed by atoms with Crippen LogP contribution in [0.1, 0.15) is 36.5 Å². The number of aryl methyl sites for hydroxylation is 1. The van der Waals surface area contributed by atoms with Crippen molar-refractivity contribution in [2.24, 2.45) is 0 Å². The van der Waals surface area contributed by atoms with Crippen LogP contribution in [0.4, 0.5) is 0 Å². The van der Waals surface area contributed by atoms with Gasteiger partial charge in [-0.25, -0.2) is 0 Å². The van der Waals surface area contributed by atoms with Gasteiger partial charge in [-0.15, -0.1) is 0 Å². The first-order chi connectivity index (χ1) is 7.60. The van der Waals surface area contributed by atoms with E-state index in [4.69, 9.17) is 4.74 Å². The number of rotatable bonds is 5. The minimum Gasteiger partial charge on any atom is -0.496 e. The van der Waals surface area contributed by atoms with E-state index >= 15 is 0 Å². The third-order valence-electron chi connectivity index (χ3n) is 2.72. The monoisotopic (exact) mass is 285 g/mol.